The Bertz CT molecular complexity index is 569. The minimum Gasteiger partial charge on any atom is -0.347 e. The summed E-state index contributed by atoms with van der Waals surface area (Å²) in [7, 11) is 2.03. The van der Waals surface area contributed by atoms with E-state index < -0.39 is 0 Å². The lowest BCUT2D eigenvalue weighted by molar-refractivity contribution is -0.134. The summed E-state index contributed by atoms with van der Waals surface area (Å²) in [5.41, 5.74) is 0.962. The zero-order chi connectivity index (χ0) is 18.2. The van der Waals surface area contributed by atoms with Crippen molar-refractivity contribution in [1.82, 2.24) is 15.1 Å². The summed E-state index contributed by atoms with van der Waals surface area (Å²) in [4.78, 5) is 28.4. The molecule has 1 aliphatic rings. The van der Waals surface area contributed by atoms with E-state index in [4.69, 9.17) is 0 Å². The van der Waals surface area contributed by atoms with E-state index in [9.17, 15) is 14.0 Å². The molecule has 0 aromatic heterocycles. The largest absolute Gasteiger partial charge is 0.347 e. The van der Waals surface area contributed by atoms with Gasteiger partial charge in [0.15, 0.2) is 0 Å². The monoisotopic (exact) mass is 349 g/mol. The number of amides is 2. The van der Waals surface area contributed by atoms with E-state index in [0.29, 0.717) is 19.5 Å². The molecule has 0 spiro atoms. The third-order valence-corrected chi connectivity index (χ3v) is 4.70. The summed E-state index contributed by atoms with van der Waals surface area (Å²) in [6.45, 7) is 5.25. The molecule has 1 atom stereocenters. The molecular formula is C19H28FN3O2. The number of likely N-dealkylation sites (N-methyl/N-ethyl adjacent to an activating group) is 1. The van der Waals surface area contributed by atoms with Crippen LogP contribution in [0.1, 0.15) is 37.7 Å². The molecule has 1 aromatic rings. The second-order valence-electron chi connectivity index (χ2n) is 6.70. The molecule has 2 amide bonds. The number of piperazine rings is 1. The van der Waals surface area contributed by atoms with Gasteiger partial charge in [-0.05, 0) is 37.1 Å². The molecule has 0 saturated carbocycles. The predicted octanol–water partition coefficient (Wildman–Crippen LogP) is 1.99. The molecule has 6 heteroatoms. The third-order valence-electron chi connectivity index (χ3n) is 4.70. The maximum absolute atomic E-state index is 13.1. The van der Waals surface area contributed by atoms with Gasteiger partial charge < -0.3 is 15.1 Å². The van der Waals surface area contributed by atoms with Crippen molar-refractivity contribution < 1.29 is 14.0 Å². The van der Waals surface area contributed by atoms with Gasteiger partial charge in [-0.25, -0.2) is 4.39 Å². The lowest BCUT2D eigenvalue weighted by Gasteiger charge is -2.32. The summed E-state index contributed by atoms with van der Waals surface area (Å²) >= 11 is 0. The first-order valence-corrected chi connectivity index (χ1v) is 8.98. The fourth-order valence-corrected chi connectivity index (χ4v) is 3.11. The van der Waals surface area contributed by atoms with Crippen molar-refractivity contribution in [3.63, 3.8) is 0 Å². The molecule has 1 N–H and O–H groups in total. The Morgan fingerprint density at radius 3 is 2.40 bits per heavy atom. The van der Waals surface area contributed by atoms with Gasteiger partial charge in [-0.15, -0.1) is 0 Å². The van der Waals surface area contributed by atoms with Crippen LogP contribution in [0.4, 0.5) is 4.39 Å². The van der Waals surface area contributed by atoms with E-state index in [0.717, 1.165) is 31.5 Å². The maximum Gasteiger partial charge on any atom is 0.242 e. The lowest BCUT2D eigenvalue weighted by atomic mass is 9.91. The molecule has 138 valence electrons. The van der Waals surface area contributed by atoms with Gasteiger partial charge in [-0.3, -0.25) is 9.59 Å². The predicted molar refractivity (Wildman–Crippen MR) is 95.8 cm³/mol. The fraction of sp³-hybridized carbons (Fsp3) is 0.579. The van der Waals surface area contributed by atoms with Crippen molar-refractivity contribution in [2.24, 2.45) is 0 Å². The van der Waals surface area contributed by atoms with Crippen LogP contribution in [-0.2, 0) is 9.59 Å². The number of carbonyl (C=O) groups excluding carboxylic acids is 2. The van der Waals surface area contributed by atoms with Crippen molar-refractivity contribution in [1.29, 1.82) is 0 Å². The maximum atomic E-state index is 13.1. The topological polar surface area (TPSA) is 52.7 Å². The van der Waals surface area contributed by atoms with Gasteiger partial charge in [0.05, 0.1) is 6.54 Å². The Labute approximate surface area is 149 Å². The highest BCUT2D eigenvalue weighted by molar-refractivity contribution is 5.85. The lowest BCUT2D eigenvalue weighted by Crippen LogP contribution is -2.50. The number of nitrogens with zero attached hydrogens (tertiary/aromatic N) is 2. The van der Waals surface area contributed by atoms with Crippen LogP contribution in [0.15, 0.2) is 24.3 Å². The molecule has 1 aliphatic heterocycles. The van der Waals surface area contributed by atoms with Crippen molar-refractivity contribution in [2.75, 3.05) is 39.8 Å². The first-order chi connectivity index (χ1) is 12.0. The van der Waals surface area contributed by atoms with E-state index >= 15 is 0 Å². The van der Waals surface area contributed by atoms with Crippen LogP contribution in [-0.4, -0.2) is 61.4 Å². The first kappa shape index (κ1) is 19.4. The average Bonchev–Trinajstić information content (AvgIpc) is 2.60. The zero-order valence-corrected chi connectivity index (χ0v) is 15.1. The summed E-state index contributed by atoms with van der Waals surface area (Å²) < 4.78 is 13.1. The molecule has 5 nitrogen and oxygen atoms in total. The molecule has 0 aliphatic carbocycles. The SMILES string of the molecule is CCCC(CC(=O)NCC(=O)N1CCN(C)CC1)c1ccc(F)cc1. The van der Waals surface area contributed by atoms with Gasteiger partial charge in [-0.1, -0.05) is 25.5 Å². The smallest absolute Gasteiger partial charge is 0.242 e. The molecule has 0 bridgehead atoms. The van der Waals surface area contributed by atoms with Crippen LogP contribution in [0.25, 0.3) is 0 Å². The van der Waals surface area contributed by atoms with Crippen molar-refractivity contribution in [3.8, 4) is 0 Å². The minimum absolute atomic E-state index is 0.0322. The molecule has 2 rings (SSSR count). The Morgan fingerprint density at radius 2 is 1.80 bits per heavy atom. The van der Waals surface area contributed by atoms with Gasteiger partial charge in [0, 0.05) is 32.6 Å². The summed E-state index contributed by atoms with van der Waals surface area (Å²) in [6.07, 6.45) is 2.11. The molecule has 1 unspecified atom stereocenters. The molecule has 1 heterocycles. The van der Waals surface area contributed by atoms with Crippen LogP contribution < -0.4 is 5.32 Å². The standard InChI is InChI=1S/C19H28FN3O2/c1-3-4-16(15-5-7-17(20)8-6-15)13-18(24)21-14-19(25)23-11-9-22(2)10-12-23/h5-8,16H,3-4,9-14H2,1-2H3,(H,21,24). The summed E-state index contributed by atoms with van der Waals surface area (Å²) in [6, 6.07) is 6.32. The highest BCUT2D eigenvalue weighted by Gasteiger charge is 2.20. The van der Waals surface area contributed by atoms with Crippen LogP contribution >= 0.6 is 0 Å². The average molecular weight is 349 g/mol. The van der Waals surface area contributed by atoms with Gasteiger partial charge in [0.1, 0.15) is 5.82 Å². The normalized spacial score (nSPS) is 16.5. The Balaban J connectivity index is 1.82. The molecule has 25 heavy (non-hydrogen) atoms. The van der Waals surface area contributed by atoms with Crippen molar-refractivity contribution in [3.05, 3.63) is 35.6 Å². The number of nitrogens with one attached hydrogen (secondary N) is 1. The molecule has 1 saturated heterocycles. The molecule has 1 fully saturated rings. The van der Waals surface area contributed by atoms with E-state index in [1.54, 1.807) is 17.0 Å². The molecule has 1 aromatic carbocycles. The summed E-state index contributed by atoms with van der Waals surface area (Å²) in [5, 5.41) is 2.74. The second-order valence-corrected chi connectivity index (χ2v) is 6.70. The highest BCUT2D eigenvalue weighted by Crippen LogP contribution is 2.25. The number of carbonyl (C=O) groups is 2. The summed E-state index contributed by atoms with van der Waals surface area (Å²) in [5.74, 6) is -0.397. The van der Waals surface area contributed by atoms with Gasteiger partial charge in [0.2, 0.25) is 11.8 Å². The van der Waals surface area contributed by atoms with Crippen molar-refractivity contribution >= 4 is 11.8 Å². The van der Waals surface area contributed by atoms with Crippen LogP contribution in [0.2, 0.25) is 0 Å². The highest BCUT2D eigenvalue weighted by atomic mass is 19.1. The van der Waals surface area contributed by atoms with E-state index in [-0.39, 0.29) is 30.1 Å². The Morgan fingerprint density at radius 1 is 1.16 bits per heavy atom. The van der Waals surface area contributed by atoms with Crippen molar-refractivity contribution in [2.45, 2.75) is 32.1 Å². The molecular weight excluding hydrogens is 321 g/mol. The number of hydrogen-bond donors (Lipinski definition) is 1. The Kier molecular flexibility index (Phi) is 7.37. The number of hydrogen-bond acceptors (Lipinski definition) is 3. The minimum atomic E-state index is -0.277. The van der Waals surface area contributed by atoms with E-state index in [2.05, 4.69) is 17.1 Å². The third kappa shape index (κ3) is 6.12. The van der Waals surface area contributed by atoms with E-state index in [1.165, 1.54) is 12.1 Å². The first-order valence-electron chi connectivity index (χ1n) is 8.98. The van der Waals surface area contributed by atoms with Crippen LogP contribution in [0, 0.1) is 5.82 Å². The quantitative estimate of drug-likeness (QED) is 0.819. The Hall–Kier alpha value is -1.95. The van der Waals surface area contributed by atoms with Gasteiger partial charge in [-0.2, -0.15) is 0 Å². The van der Waals surface area contributed by atoms with Crippen LogP contribution in [0.5, 0.6) is 0 Å². The van der Waals surface area contributed by atoms with Gasteiger partial charge >= 0.3 is 0 Å². The van der Waals surface area contributed by atoms with E-state index in [1.807, 2.05) is 7.05 Å². The number of rotatable bonds is 7. The second kappa shape index (κ2) is 9.51. The number of benzene rings is 1. The molecule has 0 radical (unpaired) electrons. The van der Waals surface area contributed by atoms with Gasteiger partial charge in [0.25, 0.3) is 0 Å². The van der Waals surface area contributed by atoms with Crippen LogP contribution in [0.3, 0.4) is 0 Å². The number of halogens is 1. The fourth-order valence-electron chi connectivity index (χ4n) is 3.11. The zero-order valence-electron chi connectivity index (χ0n) is 15.1.